The molecule has 0 unspecified atom stereocenters. The number of methoxy groups -OCH3 is 1. The number of carbonyl (C=O) groups excluding carboxylic acids is 2. The Morgan fingerprint density at radius 3 is 2.75 bits per heavy atom. The Morgan fingerprint density at radius 1 is 1.35 bits per heavy atom. The van der Waals surface area contributed by atoms with Gasteiger partial charge in [0.15, 0.2) is 5.78 Å². The van der Waals surface area contributed by atoms with Gasteiger partial charge >= 0.3 is 0 Å². The number of hydrogen-bond donors (Lipinski definition) is 1. The number of nitrogens with zero attached hydrogens (tertiary/aromatic N) is 1. The fraction of sp³-hybridized carbons (Fsp3) is 0.429. The van der Waals surface area contributed by atoms with Crippen molar-refractivity contribution >= 4 is 11.7 Å². The van der Waals surface area contributed by atoms with Crippen molar-refractivity contribution < 1.29 is 18.7 Å². The summed E-state index contributed by atoms with van der Waals surface area (Å²) in [5.41, 5.74) is 0.302. The molecule has 1 aromatic rings. The summed E-state index contributed by atoms with van der Waals surface area (Å²) in [5.74, 6) is -0.857. The van der Waals surface area contributed by atoms with Crippen LogP contribution in [-0.2, 0) is 9.53 Å². The summed E-state index contributed by atoms with van der Waals surface area (Å²) in [5, 5.41) is 2.66. The van der Waals surface area contributed by atoms with Crippen LogP contribution < -0.4 is 5.32 Å². The Kier molecular flexibility index (Phi) is 6.83. The van der Waals surface area contributed by atoms with Gasteiger partial charge in [-0.3, -0.25) is 14.5 Å². The first-order valence-electron chi connectivity index (χ1n) is 6.26. The average Bonchev–Trinajstić information content (AvgIpc) is 2.38. The van der Waals surface area contributed by atoms with Crippen LogP contribution in [0.25, 0.3) is 0 Å². The third-order valence-electron chi connectivity index (χ3n) is 2.60. The Labute approximate surface area is 117 Å². The fourth-order valence-corrected chi connectivity index (χ4v) is 1.65. The van der Waals surface area contributed by atoms with Crippen molar-refractivity contribution in [1.29, 1.82) is 0 Å². The smallest absolute Gasteiger partial charge is 0.234 e. The first-order chi connectivity index (χ1) is 9.52. The number of hydrogen-bond acceptors (Lipinski definition) is 4. The van der Waals surface area contributed by atoms with Crippen molar-refractivity contribution in [3.05, 3.63) is 35.6 Å². The van der Waals surface area contributed by atoms with Crippen LogP contribution in [0, 0.1) is 5.82 Å². The molecule has 0 radical (unpaired) electrons. The zero-order chi connectivity index (χ0) is 15.0. The first-order valence-corrected chi connectivity index (χ1v) is 6.26. The number of rotatable bonds is 8. The van der Waals surface area contributed by atoms with Crippen LogP contribution in [0.3, 0.4) is 0 Å². The molecular formula is C14H19FN2O3. The second-order valence-electron chi connectivity index (χ2n) is 4.45. The summed E-state index contributed by atoms with van der Waals surface area (Å²) in [6, 6.07) is 5.51. The van der Waals surface area contributed by atoms with Gasteiger partial charge in [0.2, 0.25) is 5.91 Å². The molecule has 1 N–H and O–H groups in total. The average molecular weight is 282 g/mol. The molecular weight excluding hydrogens is 263 g/mol. The number of ketones is 1. The number of carbonyl (C=O) groups is 2. The normalized spacial score (nSPS) is 10.6. The lowest BCUT2D eigenvalue weighted by Crippen LogP contribution is -2.38. The van der Waals surface area contributed by atoms with E-state index in [0.717, 1.165) is 0 Å². The van der Waals surface area contributed by atoms with Crippen LogP contribution in [0.15, 0.2) is 24.3 Å². The van der Waals surface area contributed by atoms with Crippen molar-refractivity contribution in [2.45, 2.75) is 0 Å². The lowest BCUT2D eigenvalue weighted by Gasteiger charge is -2.15. The van der Waals surface area contributed by atoms with Gasteiger partial charge in [-0.15, -0.1) is 0 Å². The maximum absolute atomic E-state index is 13.0. The molecule has 0 saturated carbocycles. The molecule has 0 aromatic heterocycles. The highest BCUT2D eigenvalue weighted by Crippen LogP contribution is 2.05. The number of nitrogens with one attached hydrogen (secondary N) is 1. The van der Waals surface area contributed by atoms with E-state index in [0.29, 0.717) is 18.7 Å². The van der Waals surface area contributed by atoms with E-state index < -0.39 is 5.82 Å². The molecule has 6 heteroatoms. The summed E-state index contributed by atoms with van der Waals surface area (Å²) in [6.45, 7) is 1.03. The number of Topliss-reactive ketones (excluding diaryl/α,β-unsaturated/α-hetero) is 1. The Bertz CT molecular complexity index is 465. The molecule has 110 valence electrons. The molecule has 0 aliphatic carbocycles. The van der Waals surface area contributed by atoms with E-state index in [2.05, 4.69) is 5.32 Å². The van der Waals surface area contributed by atoms with Gasteiger partial charge < -0.3 is 10.1 Å². The summed E-state index contributed by atoms with van der Waals surface area (Å²) < 4.78 is 17.8. The van der Waals surface area contributed by atoms with Crippen molar-refractivity contribution in [1.82, 2.24) is 10.2 Å². The molecule has 1 aromatic carbocycles. The van der Waals surface area contributed by atoms with Gasteiger partial charge in [0, 0.05) is 19.2 Å². The molecule has 20 heavy (non-hydrogen) atoms. The Balaban J connectivity index is 2.40. The molecule has 0 saturated heterocycles. The zero-order valence-electron chi connectivity index (χ0n) is 11.7. The Hall–Kier alpha value is -1.79. The molecule has 5 nitrogen and oxygen atoms in total. The summed E-state index contributed by atoms with van der Waals surface area (Å²) in [7, 11) is 3.21. The standard InChI is InChI=1S/C14H19FN2O3/c1-17(10-14(19)16-6-7-20-2)9-13(18)11-4-3-5-12(15)8-11/h3-5,8H,6-7,9-10H2,1-2H3,(H,16,19). The summed E-state index contributed by atoms with van der Waals surface area (Å²) in [6.07, 6.45) is 0. The van der Waals surface area contributed by atoms with E-state index in [-0.39, 0.29) is 24.8 Å². The van der Waals surface area contributed by atoms with Crippen molar-refractivity contribution in [3.8, 4) is 0 Å². The van der Waals surface area contributed by atoms with E-state index in [1.54, 1.807) is 25.1 Å². The molecule has 1 rings (SSSR count). The van der Waals surface area contributed by atoms with Crippen LogP contribution in [0.4, 0.5) is 4.39 Å². The van der Waals surface area contributed by atoms with Crippen LogP contribution in [0.1, 0.15) is 10.4 Å². The van der Waals surface area contributed by atoms with Gasteiger partial charge in [0.1, 0.15) is 5.82 Å². The van der Waals surface area contributed by atoms with E-state index in [9.17, 15) is 14.0 Å². The molecule has 0 spiro atoms. The number of amides is 1. The molecule has 0 fully saturated rings. The van der Waals surface area contributed by atoms with Gasteiger partial charge in [-0.25, -0.2) is 4.39 Å². The van der Waals surface area contributed by atoms with Gasteiger partial charge in [0.05, 0.1) is 19.7 Å². The minimum absolute atomic E-state index is 0.0567. The van der Waals surface area contributed by atoms with Crippen LogP contribution >= 0.6 is 0 Å². The van der Waals surface area contributed by atoms with Gasteiger partial charge in [-0.2, -0.15) is 0 Å². The van der Waals surface area contributed by atoms with Crippen molar-refractivity contribution in [2.24, 2.45) is 0 Å². The summed E-state index contributed by atoms with van der Waals surface area (Å²) in [4.78, 5) is 25.0. The maximum Gasteiger partial charge on any atom is 0.234 e. The predicted octanol–water partition coefficient (Wildman–Crippen LogP) is 0.703. The fourth-order valence-electron chi connectivity index (χ4n) is 1.65. The largest absolute Gasteiger partial charge is 0.383 e. The topological polar surface area (TPSA) is 58.6 Å². The molecule has 0 aliphatic heterocycles. The minimum Gasteiger partial charge on any atom is -0.383 e. The highest BCUT2D eigenvalue weighted by molar-refractivity contribution is 5.97. The maximum atomic E-state index is 13.0. The molecule has 0 atom stereocenters. The van der Waals surface area contributed by atoms with Crippen LogP contribution in [0.2, 0.25) is 0 Å². The SMILES string of the molecule is COCCNC(=O)CN(C)CC(=O)c1cccc(F)c1. The van der Waals surface area contributed by atoms with Gasteiger partial charge in [-0.05, 0) is 19.2 Å². The second kappa shape index (κ2) is 8.39. The van der Waals surface area contributed by atoms with Crippen molar-refractivity contribution in [3.63, 3.8) is 0 Å². The molecule has 1 amide bonds. The monoisotopic (exact) mass is 282 g/mol. The lowest BCUT2D eigenvalue weighted by atomic mass is 10.1. The summed E-state index contributed by atoms with van der Waals surface area (Å²) >= 11 is 0. The molecule has 0 aliphatic rings. The molecule has 0 heterocycles. The van der Waals surface area contributed by atoms with Crippen molar-refractivity contribution in [2.75, 3.05) is 40.4 Å². The third kappa shape index (κ3) is 5.90. The quantitative estimate of drug-likeness (QED) is 0.563. The molecule has 0 bridgehead atoms. The van der Waals surface area contributed by atoms with Gasteiger partial charge in [0.25, 0.3) is 0 Å². The zero-order valence-corrected chi connectivity index (χ0v) is 11.7. The van der Waals surface area contributed by atoms with Crippen LogP contribution in [-0.4, -0.2) is 57.0 Å². The van der Waals surface area contributed by atoms with E-state index in [4.69, 9.17) is 4.74 Å². The second-order valence-corrected chi connectivity index (χ2v) is 4.45. The third-order valence-corrected chi connectivity index (χ3v) is 2.60. The van der Waals surface area contributed by atoms with Crippen LogP contribution in [0.5, 0.6) is 0 Å². The highest BCUT2D eigenvalue weighted by Gasteiger charge is 2.12. The first kappa shape index (κ1) is 16.3. The van der Waals surface area contributed by atoms with E-state index >= 15 is 0 Å². The number of likely N-dealkylation sites (N-methyl/N-ethyl adjacent to an activating group) is 1. The number of ether oxygens (including phenoxy) is 1. The number of benzene rings is 1. The number of halogens is 1. The van der Waals surface area contributed by atoms with Gasteiger partial charge in [-0.1, -0.05) is 12.1 Å². The predicted molar refractivity (Wildman–Crippen MR) is 73.1 cm³/mol. The highest BCUT2D eigenvalue weighted by atomic mass is 19.1. The Morgan fingerprint density at radius 2 is 2.10 bits per heavy atom. The minimum atomic E-state index is -0.448. The van der Waals surface area contributed by atoms with E-state index in [1.807, 2.05) is 0 Å². The lowest BCUT2D eigenvalue weighted by molar-refractivity contribution is -0.122. The van der Waals surface area contributed by atoms with E-state index in [1.165, 1.54) is 18.2 Å².